The number of aryl methyl sites for hydroxylation is 2. The van der Waals surface area contributed by atoms with Gasteiger partial charge in [0.1, 0.15) is 5.82 Å². The van der Waals surface area contributed by atoms with E-state index in [1.807, 2.05) is 69.3 Å². The van der Waals surface area contributed by atoms with Crippen molar-refractivity contribution in [2.24, 2.45) is 4.99 Å². The zero-order valence-electron chi connectivity index (χ0n) is 15.9. The number of rotatable bonds is 3. The molecule has 1 aliphatic heterocycles. The van der Waals surface area contributed by atoms with Crippen LogP contribution < -0.4 is 5.32 Å². The number of hydrogen-bond donors (Lipinski definition) is 1. The van der Waals surface area contributed by atoms with E-state index < -0.39 is 0 Å². The first kappa shape index (κ1) is 18.3. The molecule has 0 radical (unpaired) electrons. The molecule has 1 aromatic carbocycles. The van der Waals surface area contributed by atoms with Crippen molar-refractivity contribution < 1.29 is 4.79 Å². The van der Waals surface area contributed by atoms with Crippen molar-refractivity contribution in [3.8, 4) is 5.82 Å². The maximum Gasteiger partial charge on any atom is 0.264 e. The molecule has 2 aromatic heterocycles. The van der Waals surface area contributed by atoms with Crippen molar-refractivity contribution in [2.75, 3.05) is 0 Å². The quantitative estimate of drug-likeness (QED) is 0.662. The molecule has 1 amide bonds. The van der Waals surface area contributed by atoms with Crippen molar-refractivity contribution in [1.29, 1.82) is 0 Å². The van der Waals surface area contributed by atoms with E-state index in [2.05, 4.69) is 25.9 Å². The number of carbonyl (C=O) groups excluding carboxylic acids is 1. The van der Waals surface area contributed by atoms with E-state index in [0.717, 1.165) is 34.0 Å². The first-order valence-corrected chi connectivity index (χ1v) is 9.80. The number of carbonyl (C=O) groups is 1. The van der Waals surface area contributed by atoms with Gasteiger partial charge in [-0.3, -0.25) is 4.79 Å². The monoisotopic (exact) mass is 388 g/mol. The van der Waals surface area contributed by atoms with E-state index in [4.69, 9.17) is 0 Å². The van der Waals surface area contributed by atoms with Gasteiger partial charge in [-0.2, -0.15) is 0 Å². The van der Waals surface area contributed by atoms with Gasteiger partial charge in [-0.05, 0) is 74.0 Å². The predicted molar refractivity (Wildman–Crippen MR) is 115 cm³/mol. The molecule has 4 rings (SSSR count). The fourth-order valence-electron chi connectivity index (χ4n) is 3.19. The van der Waals surface area contributed by atoms with E-state index in [1.54, 1.807) is 6.20 Å². The molecule has 1 aliphatic rings. The van der Waals surface area contributed by atoms with Gasteiger partial charge in [0, 0.05) is 17.6 Å². The first-order valence-electron chi connectivity index (χ1n) is 8.98. The Balaban J connectivity index is 1.65. The number of amides is 1. The highest BCUT2D eigenvalue weighted by atomic mass is 32.2. The van der Waals surface area contributed by atoms with E-state index in [-0.39, 0.29) is 5.91 Å². The average molecular weight is 388 g/mol. The lowest BCUT2D eigenvalue weighted by molar-refractivity contribution is -0.115. The highest BCUT2D eigenvalue weighted by Crippen LogP contribution is 2.30. The molecule has 3 heterocycles. The molecule has 1 N–H and O–H groups in total. The molecule has 3 aromatic rings. The van der Waals surface area contributed by atoms with Gasteiger partial charge in [0.2, 0.25) is 0 Å². The highest BCUT2D eigenvalue weighted by molar-refractivity contribution is 8.18. The topological polar surface area (TPSA) is 59.3 Å². The van der Waals surface area contributed by atoms with E-state index in [9.17, 15) is 4.79 Å². The van der Waals surface area contributed by atoms with Crippen molar-refractivity contribution in [3.63, 3.8) is 0 Å². The summed E-state index contributed by atoms with van der Waals surface area (Å²) in [6, 6.07) is 15.8. The normalized spacial score (nSPS) is 16.8. The smallest absolute Gasteiger partial charge is 0.264 e. The number of benzene rings is 1. The summed E-state index contributed by atoms with van der Waals surface area (Å²) < 4.78 is 2.09. The minimum Gasteiger partial charge on any atom is -0.303 e. The van der Waals surface area contributed by atoms with Crippen molar-refractivity contribution in [1.82, 2.24) is 14.9 Å². The van der Waals surface area contributed by atoms with Crippen molar-refractivity contribution in [2.45, 2.75) is 20.8 Å². The zero-order valence-corrected chi connectivity index (χ0v) is 16.7. The van der Waals surface area contributed by atoms with Crippen LogP contribution in [0.3, 0.4) is 0 Å². The highest BCUT2D eigenvalue weighted by Gasteiger charge is 2.24. The third-order valence-electron chi connectivity index (χ3n) is 4.62. The lowest BCUT2D eigenvalue weighted by Crippen LogP contribution is -2.19. The minimum absolute atomic E-state index is 0.125. The SMILES string of the molecule is Cc1ccccc1N=C1NC(=O)/C(=C/c2cc(C)n(-c3ccccn3)c2C)S1. The molecular weight excluding hydrogens is 368 g/mol. The third-order valence-corrected chi connectivity index (χ3v) is 5.53. The van der Waals surface area contributed by atoms with Crippen molar-refractivity contribution in [3.05, 3.63) is 82.1 Å². The number of nitrogens with zero attached hydrogens (tertiary/aromatic N) is 3. The summed E-state index contributed by atoms with van der Waals surface area (Å²) in [5.41, 5.74) is 5.04. The van der Waals surface area contributed by atoms with Gasteiger partial charge in [-0.1, -0.05) is 24.3 Å². The summed E-state index contributed by atoms with van der Waals surface area (Å²) in [6.45, 7) is 6.08. The summed E-state index contributed by atoms with van der Waals surface area (Å²) in [6.07, 6.45) is 3.70. The molecule has 0 unspecified atom stereocenters. The number of pyridine rings is 1. The molecule has 1 fully saturated rings. The van der Waals surface area contributed by atoms with Crippen LogP contribution in [0.15, 0.2) is 64.6 Å². The zero-order chi connectivity index (χ0) is 19.7. The van der Waals surface area contributed by atoms with Gasteiger partial charge >= 0.3 is 0 Å². The molecule has 0 bridgehead atoms. The Labute approximate surface area is 168 Å². The fraction of sp³-hybridized carbons (Fsp3) is 0.136. The van der Waals surface area contributed by atoms with Gasteiger partial charge in [0.05, 0.1) is 10.6 Å². The summed E-state index contributed by atoms with van der Waals surface area (Å²) in [5.74, 6) is 0.743. The second-order valence-corrected chi connectivity index (χ2v) is 7.65. The largest absolute Gasteiger partial charge is 0.303 e. The molecule has 0 atom stereocenters. The van der Waals surface area contributed by atoms with Crippen LogP contribution in [-0.2, 0) is 4.79 Å². The molecule has 6 heteroatoms. The number of para-hydroxylation sites is 1. The average Bonchev–Trinajstić information content (AvgIpc) is 3.16. The Bertz CT molecular complexity index is 1110. The fourth-order valence-corrected chi connectivity index (χ4v) is 4.02. The van der Waals surface area contributed by atoms with Crippen LogP contribution in [0.2, 0.25) is 0 Å². The Kier molecular flexibility index (Phi) is 4.88. The Hall–Kier alpha value is -3.12. The molecule has 0 spiro atoms. The molecule has 140 valence electrons. The van der Waals surface area contributed by atoms with Crippen LogP contribution in [-0.4, -0.2) is 20.6 Å². The number of hydrogen-bond acceptors (Lipinski definition) is 4. The second kappa shape index (κ2) is 7.48. The number of amidine groups is 1. The van der Waals surface area contributed by atoms with Crippen LogP contribution in [0.25, 0.3) is 11.9 Å². The lowest BCUT2D eigenvalue weighted by atomic mass is 10.2. The summed E-state index contributed by atoms with van der Waals surface area (Å²) >= 11 is 1.36. The molecule has 1 saturated heterocycles. The predicted octanol–water partition coefficient (Wildman–Crippen LogP) is 4.69. The van der Waals surface area contributed by atoms with E-state index >= 15 is 0 Å². The number of nitrogens with one attached hydrogen (secondary N) is 1. The van der Waals surface area contributed by atoms with E-state index in [0.29, 0.717) is 10.1 Å². The van der Waals surface area contributed by atoms with Crippen molar-refractivity contribution >= 4 is 34.6 Å². The van der Waals surface area contributed by atoms with Gasteiger partial charge in [-0.15, -0.1) is 0 Å². The van der Waals surface area contributed by atoms with Gasteiger partial charge in [0.25, 0.3) is 5.91 Å². The van der Waals surface area contributed by atoms with Crippen LogP contribution in [0.4, 0.5) is 5.69 Å². The molecule has 0 saturated carbocycles. The molecule has 5 nitrogen and oxygen atoms in total. The second-order valence-electron chi connectivity index (χ2n) is 6.62. The third kappa shape index (κ3) is 3.51. The van der Waals surface area contributed by atoms with Crippen LogP contribution in [0.5, 0.6) is 0 Å². The minimum atomic E-state index is -0.125. The van der Waals surface area contributed by atoms with E-state index in [1.165, 1.54) is 11.8 Å². The standard InChI is InChI=1S/C22H20N4OS/c1-14-8-4-5-9-18(14)24-22-25-21(27)19(28-22)13-17-12-15(2)26(16(17)3)20-10-6-7-11-23-20/h4-13H,1-3H3,(H,24,25,27)/b19-13-. The maximum atomic E-state index is 12.4. The lowest BCUT2D eigenvalue weighted by Gasteiger charge is -2.07. The Morgan fingerprint density at radius 1 is 1.11 bits per heavy atom. The van der Waals surface area contributed by atoms with Crippen LogP contribution in [0.1, 0.15) is 22.5 Å². The van der Waals surface area contributed by atoms with Gasteiger partial charge in [0.15, 0.2) is 5.17 Å². The Morgan fingerprint density at radius 3 is 2.64 bits per heavy atom. The number of aliphatic imine (C=N–C) groups is 1. The summed E-state index contributed by atoms with van der Waals surface area (Å²) in [5, 5.41) is 3.46. The maximum absolute atomic E-state index is 12.4. The summed E-state index contributed by atoms with van der Waals surface area (Å²) in [7, 11) is 0. The van der Waals surface area contributed by atoms with Crippen LogP contribution in [0, 0.1) is 20.8 Å². The van der Waals surface area contributed by atoms with Gasteiger partial charge in [-0.25, -0.2) is 9.98 Å². The van der Waals surface area contributed by atoms with Gasteiger partial charge < -0.3 is 9.88 Å². The first-order chi connectivity index (χ1) is 13.5. The number of aromatic nitrogens is 2. The molecule has 28 heavy (non-hydrogen) atoms. The molecular formula is C22H20N4OS. The number of thioether (sulfide) groups is 1. The molecule has 0 aliphatic carbocycles. The van der Waals surface area contributed by atoms with Crippen LogP contribution >= 0.6 is 11.8 Å². The summed E-state index contributed by atoms with van der Waals surface area (Å²) in [4.78, 5) is 22.1. The Morgan fingerprint density at radius 2 is 1.89 bits per heavy atom.